The summed E-state index contributed by atoms with van der Waals surface area (Å²) >= 11 is 0. The molecule has 0 aromatic carbocycles. The second kappa shape index (κ2) is 55.9. The first-order valence-corrected chi connectivity index (χ1v) is 31.0. The number of aliphatic hydroxyl groups is 1. The Kier molecular flexibility index (Phi) is 53.4. The Morgan fingerprint density at radius 1 is 0.392 bits per heavy atom. The van der Waals surface area contributed by atoms with Crippen molar-refractivity contribution in [2.75, 3.05) is 26.4 Å². The molecule has 0 saturated heterocycles. The van der Waals surface area contributed by atoms with Gasteiger partial charge in [0, 0.05) is 19.3 Å². The Labute approximate surface area is 451 Å². The molecule has 0 radical (unpaired) electrons. The number of hydrogen-bond acceptors (Lipinski definition) is 10. The van der Waals surface area contributed by atoms with Gasteiger partial charge in [0.25, 0.3) is 0 Å². The summed E-state index contributed by atoms with van der Waals surface area (Å²) in [5, 5.41) is 9.80. The summed E-state index contributed by atoms with van der Waals surface area (Å²) in [4.78, 5) is 48.5. The fraction of sp³-hybridized carbons (Fsp3) is 0.726. The Morgan fingerprint density at radius 2 is 0.703 bits per heavy atom. The number of ether oxygens (including phenoxy) is 3. The molecule has 0 saturated carbocycles. The van der Waals surface area contributed by atoms with Crippen LogP contribution < -0.4 is 0 Å². The number of allylic oxidation sites excluding steroid dienone is 14. The van der Waals surface area contributed by atoms with E-state index in [1.807, 2.05) is 0 Å². The van der Waals surface area contributed by atoms with E-state index in [0.29, 0.717) is 19.3 Å². The zero-order chi connectivity index (χ0) is 54.1. The summed E-state index contributed by atoms with van der Waals surface area (Å²) in [6, 6.07) is 0. The lowest BCUT2D eigenvalue weighted by Crippen LogP contribution is -2.30. The molecule has 0 aliphatic heterocycles. The van der Waals surface area contributed by atoms with E-state index >= 15 is 0 Å². The topological polar surface area (TPSA) is 155 Å². The molecule has 0 amide bonds. The molecule has 0 aromatic heterocycles. The van der Waals surface area contributed by atoms with Crippen LogP contribution in [-0.4, -0.2) is 66.5 Å². The van der Waals surface area contributed by atoms with Gasteiger partial charge in [-0.05, 0) is 96.3 Å². The third-order valence-corrected chi connectivity index (χ3v) is 13.3. The number of rotatable bonds is 54. The van der Waals surface area contributed by atoms with Gasteiger partial charge in [0.05, 0.1) is 19.8 Å². The van der Waals surface area contributed by atoms with Crippen LogP contribution >= 0.6 is 7.82 Å². The van der Waals surface area contributed by atoms with Gasteiger partial charge in [0.2, 0.25) is 0 Å². The molecule has 0 fully saturated rings. The predicted octanol–water partition coefficient (Wildman–Crippen LogP) is 17.5. The Balaban J connectivity index is 4.79. The van der Waals surface area contributed by atoms with E-state index in [0.717, 1.165) is 122 Å². The highest BCUT2D eigenvalue weighted by molar-refractivity contribution is 7.47. The SMILES string of the molecule is CC/C=C\C/C=C\C/C=C\C/C=C\CCCCCCC(=O)OCC(COP(=O)(O)OCC(CO)OC(=O)CCCCCCCCCCCCC)OC(=O)CCCCCCCC/C=C\C/C=C\C/C=C\CCCCC. The van der Waals surface area contributed by atoms with E-state index in [9.17, 15) is 28.9 Å². The standard InChI is InChI=1S/C62H107O11P/c1-4-7-10-13-16-19-22-24-26-28-29-31-33-35-38-41-44-47-50-53-62(66)73-59(55-69-60(64)51-48-45-42-39-37-34-32-30-27-25-23-20-17-14-11-8-5-2)57-71-74(67,68)70-56-58(54-63)72-61(65)52-49-46-43-40-36-21-18-15-12-9-6-3/h8,11,16-17,19-20,24-27,29,31-32,34,58-59,63H,4-7,9-10,12-15,18,21-23,28,30,33,35-57H2,1-3H3,(H,67,68)/b11-8-,19-16-,20-17-,26-24-,27-25-,31-29-,34-32-. The van der Waals surface area contributed by atoms with Crippen LogP contribution in [0, 0.1) is 0 Å². The van der Waals surface area contributed by atoms with Gasteiger partial charge < -0.3 is 24.2 Å². The summed E-state index contributed by atoms with van der Waals surface area (Å²) in [6.07, 6.45) is 63.9. The number of esters is 3. The molecule has 0 aliphatic rings. The fourth-order valence-corrected chi connectivity index (χ4v) is 8.61. The highest BCUT2D eigenvalue weighted by atomic mass is 31.2. The van der Waals surface area contributed by atoms with Crippen molar-refractivity contribution in [3.8, 4) is 0 Å². The highest BCUT2D eigenvalue weighted by Gasteiger charge is 2.28. The second-order valence-electron chi connectivity index (χ2n) is 19.4. The van der Waals surface area contributed by atoms with Gasteiger partial charge in [0.1, 0.15) is 12.7 Å². The van der Waals surface area contributed by atoms with Crippen LogP contribution in [0.3, 0.4) is 0 Å². The van der Waals surface area contributed by atoms with Crippen molar-refractivity contribution < 1.29 is 52.2 Å². The zero-order valence-electron chi connectivity index (χ0n) is 47.0. The second-order valence-corrected chi connectivity index (χ2v) is 20.9. The van der Waals surface area contributed by atoms with Crippen molar-refractivity contribution in [3.05, 3.63) is 85.1 Å². The van der Waals surface area contributed by atoms with E-state index in [1.165, 1.54) is 70.6 Å². The monoisotopic (exact) mass is 1060 g/mol. The Bertz CT molecular complexity index is 1560. The molecule has 3 atom stereocenters. The molecule has 2 N–H and O–H groups in total. The lowest BCUT2D eigenvalue weighted by molar-refractivity contribution is -0.161. The minimum atomic E-state index is -4.76. The predicted molar refractivity (Wildman–Crippen MR) is 307 cm³/mol. The van der Waals surface area contributed by atoms with Gasteiger partial charge in [-0.2, -0.15) is 0 Å². The molecule has 3 unspecified atom stereocenters. The number of unbranched alkanes of at least 4 members (excludes halogenated alkanes) is 23. The summed E-state index contributed by atoms with van der Waals surface area (Å²) < 4.78 is 39.5. The van der Waals surface area contributed by atoms with Gasteiger partial charge in [-0.15, -0.1) is 0 Å². The number of phosphoric acid groups is 1. The first-order chi connectivity index (χ1) is 36.2. The fourth-order valence-electron chi connectivity index (χ4n) is 7.82. The van der Waals surface area contributed by atoms with Gasteiger partial charge >= 0.3 is 25.7 Å². The average Bonchev–Trinajstić information content (AvgIpc) is 3.39. The van der Waals surface area contributed by atoms with Crippen molar-refractivity contribution in [2.45, 2.75) is 264 Å². The molecule has 0 aliphatic carbocycles. The molecular weight excluding hydrogens is 952 g/mol. The normalized spacial score (nSPS) is 14.0. The molecule has 74 heavy (non-hydrogen) atoms. The van der Waals surface area contributed by atoms with Crippen LogP contribution in [0.15, 0.2) is 85.1 Å². The Morgan fingerprint density at radius 3 is 1.11 bits per heavy atom. The number of carbonyl (C=O) groups excluding carboxylic acids is 3. The molecule has 426 valence electrons. The van der Waals surface area contributed by atoms with Crippen LogP contribution in [0.5, 0.6) is 0 Å². The third kappa shape index (κ3) is 53.5. The summed E-state index contributed by atoms with van der Waals surface area (Å²) in [7, 11) is -4.76. The van der Waals surface area contributed by atoms with Crippen LogP contribution in [0.1, 0.15) is 252 Å². The summed E-state index contributed by atoms with van der Waals surface area (Å²) in [5.41, 5.74) is 0. The molecule has 0 heterocycles. The highest BCUT2D eigenvalue weighted by Crippen LogP contribution is 2.43. The molecular formula is C62H107O11P. The van der Waals surface area contributed by atoms with Gasteiger partial charge in [-0.3, -0.25) is 23.4 Å². The van der Waals surface area contributed by atoms with Crippen molar-refractivity contribution >= 4 is 25.7 Å². The zero-order valence-corrected chi connectivity index (χ0v) is 47.9. The number of hydrogen-bond donors (Lipinski definition) is 2. The first kappa shape index (κ1) is 70.7. The van der Waals surface area contributed by atoms with Crippen LogP contribution in [0.4, 0.5) is 0 Å². The van der Waals surface area contributed by atoms with Crippen LogP contribution in [0.2, 0.25) is 0 Å². The average molecular weight is 1060 g/mol. The van der Waals surface area contributed by atoms with E-state index < -0.39 is 57.8 Å². The van der Waals surface area contributed by atoms with Crippen LogP contribution in [-0.2, 0) is 42.2 Å². The van der Waals surface area contributed by atoms with Crippen molar-refractivity contribution in [3.63, 3.8) is 0 Å². The van der Waals surface area contributed by atoms with E-state index in [2.05, 4.69) is 106 Å². The maximum atomic E-state index is 12.9. The Hall–Kier alpha value is -3.34. The molecule has 12 heteroatoms. The minimum absolute atomic E-state index is 0.145. The largest absolute Gasteiger partial charge is 0.472 e. The minimum Gasteiger partial charge on any atom is -0.462 e. The van der Waals surface area contributed by atoms with Crippen molar-refractivity contribution in [1.82, 2.24) is 0 Å². The summed E-state index contributed by atoms with van der Waals surface area (Å²) in [5.74, 6) is -1.51. The van der Waals surface area contributed by atoms with Gasteiger partial charge in [-0.25, -0.2) is 4.57 Å². The van der Waals surface area contributed by atoms with Gasteiger partial charge in [-0.1, -0.05) is 221 Å². The number of phosphoric ester groups is 1. The maximum absolute atomic E-state index is 12.9. The van der Waals surface area contributed by atoms with Crippen molar-refractivity contribution in [2.24, 2.45) is 0 Å². The molecule has 0 rings (SSSR count). The van der Waals surface area contributed by atoms with E-state index in [4.69, 9.17) is 23.3 Å². The van der Waals surface area contributed by atoms with Crippen LogP contribution in [0.25, 0.3) is 0 Å². The molecule has 0 bridgehead atoms. The van der Waals surface area contributed by atoms with E-state index in [1.54, 1.807) is 0 Å². The number of aliphatic hydroxyl groups excluding tert-OH is 1. The lowest BCUT2D eigenvalue weighted by atomic mass is 10.1. The van der Waals surface area contributed by atoms with Gasteiger partial charge in [0.15, 0.2) is 6.10 Å². The molecule has 11 nitrogen and oxygen atoms in total. The number of carbonyl (C=O) groups is 3. The maximum Gasteiger partial charge on any atom is 0.472 e. The molecule has 0 aromatic rings. The third-order valence-electron chi connectivity index (χ3n) is 12.3. The van der Waals surface area contributed by atoms with Crippen molar-refractivity contribution in [1.29, 1.82) is 0 Å². The first-order valence-electron chi connectivity index (χ1n) is 29.5. The smallest absolute Gasteiger partial charge is 0.462 e. The summed E-state index contributed by atoms with van der Waals surface area (Å²) in [6.45, 7) is 4.46. The molecule has 0 spiro atoms. The van der Waals surface area contributed by atoms with E-state index in [-0.39, 0.29) is 25.9 Å². The lowest BCUT2D eigenvalue weighted by Gasteiger charge is -2.21. The quantitative estimate of drug-likeness (QED) is 0.0197.